The van der Waals surface area contributed by atoms with E-state index in [1.807, 2.05) is 0 Å². The predicted molar refractivity (Wildman–Crippen MR) is 40.0 cm³/mol. The SMILES string of the molecule is O=C(NCO)c1cccc[n+]1[O-]. The van der Waals surface area contributed by atoms with Gasteiger partial charge in [0, 0.05) is 12.1 Å². The minimum Gasteiger partial charge on any atom is -0.618 e. The highest BCUT2D eigenvalue weighted by Gasteiger charge is 2.12. The van der Waals surface area contributed by atoms with Crippen molar-refractivity contribution >= 4 is 5.91 Å². The summed E-state index contributed by atoms with van der Waals surface area (Å²) in [4.78, 5) is 11.0. The molecule has 0 aromatic carbocycles. The third-order valence-corrected chi connectivity index (χ3v) is 1.30. The normalized spacial score (nSPS) is 9.42. The lowest BCUT2D eigenvalue weighted by Crippen LogP contribution is -2.39. The van der Waals surface area contributed by atoms with Gasteiger partial charge in [-0.1, -0.05) is 0 Å². The standard InChI is InChI=1S/C7H8N2O3/c10-5-8-7(11)6-3-1-2-4-9(6)12/h1-4,10H,5H2,(H,8,11). The Bertz CT molecular complexity index is 288. The Morgan fingerprint density at radius 2 is 2.42 bits per heavy atom. The molecular weight excluding hydrogens is 160 g/mol. The lowest BCUT2D eigenvalue weighted by Gasteiger charge is -2.01. The van der Waals surface area contributed by atoms with Gasteiger partial charge in [0.05, 0.1) is 0 Å². The number of aromatic nitrogens is 1. The Hall–Kier alpha value is -1.62. The van der Waals surface area contributed by atoms with E-state index in [-0.39, 0.29) is 5.69 Å². The van der Waals surface area contributed by atoms with Gasteiger partial charge < -0.3 is 15.6 Å². The molecule has 1 amide bonds. The molecule has 2 N–H and O–H groups in total. The maximum atomic E-state index is 11.0. The summed E-state index contributed by atoms with van der Waals surface area (Å²) >= 11 is 0. The summed E-state index contributed by atoms with van der Waals surface area (Å²) in [6, 6.07) is 4.46. The molecule has 1 heterocycles. The highest BCUT2D eigenvalue weighted by molar-refractivity contribution is 5.90. The van der Waals surface area contributed by atoms with Crippen LogP contribution in [0.5, 0.6) is 0 Å². The van der Waals surface area contributed by atoms with Crippen LogP contribution in [0.3, 0.4) is 0 Å². The van der Waals surface area contributed by atoms with Crippen molar-refractivity contribution in [3.05, 3.63) is 35.3 Å². The zero-order valence-electron chi connectivity index (χ0n) is 6.23. The van der Waals surface area contributed by atoms with Crippen LogP contribution in [-0.2, 0) is 0 Å². The molecule has 64 valence electrons. The number of nitrogens with zero attached hydrogens (tertiary/aromatic N) is 1. The topological polar surface area (TPSA) is 76.3 Å². The number of hydrogen-bond acceptors (Lipinski definition) is 3. The maximum absolute atomic E-state index is 11.0. The molecule has 0 spiro atoms. The van der Waals surface area contributed by atoms with Crippen LogP contribution in [0.25, 0.3) is 0 Å². The number of pyridine rings is 1. The summed E-state index contributed by atoms with van der Waals surface area (Å²) in [5, 5.41) is 21.4. The molecule has 12 heavy (non-hydrogen) atoms. The number of carbonyl (C=O) groups excluding carboxylic acids is 1. The number of nitrogens with one attached hydrogen (secondary N) is 1. The molecule has 0 saturated heterocycles. The summed E-state index contributed by atoms with van der Waals surface area (Å²) in [5.74, 6) is -0.590. The largest absolute Gasteiger partial charge is 0.618 e. The first kappa shape index (κ1) is 8.48. The first-order valence-corrected chi connectivity index (χ1v) is 3.33. The van der Waals surface area contributed by atoms with Crippen LogP contribution in [0.2, 0.25) is 0 Å². The first-order chi connectivity index (χ1) is 5.75. The van der Waals surface area contributed by atoms with E-state index in [0.717, 1.165) is 0 Å². The van der Waals surface area contributed by atoms with Gasteiger partial charge in [-0.2, -0.15) is 4.73 Å². The number of aliphatic hydroxyl groups excluding tert-OH is 1. The molecule has 0 aliphatic heterocycles. The Labute approximate surface area is 68.8 Å². The molecule has 5 nitrogen and oxygen atoms in total. The van der Waals surface area contributed by atoms with E-state index in [1.165, 1.54) is 18.3 Å². The summed E-state index contributed by atoms with van der Waals surface area (Å²) in [6.07, 6.45) is 1.21. The molecule has 0 unspecified atom stereocenters. The van der Waals surface area contributed by atoms with Gasteiger partial charge in [-0.05, 0) is 6.07 Å². The lowest BCUT2D eigenvalue weighted by molar-refractivity contribution is -0.607. The zero-order chi connectivity index (χ0) is 8.97. The Morgan fingerprint density at radius 3 is 3.00 bits per heavy atom. The van der Waals surface area contributed by atoms with E-state index in [9.17, 15) is 10.0 Å². The first-order valence-electron chi connectivity index (χ1n) is 3.33. The van der Waals surface area contributed by atoms with Crippen molar-refractivity contribution in [3.63, 3.8) is 0 Å². The van der Waals surface area contributed by atoms with E-state index in [2.05, 4.69) is 5.32 Å². The van der Waals surface area contributed by atoms with Gasteiger partial charge in [-0.25, -0.2) is 0 Å². The van der Waals surface area contributed by atoms with E-state index in [1.54, 1.807) is 6.07 Å². The number of amides is 1. The smallest absolute Gasteiger partial charge is 0.319 e. The molecule has 0 fully saturated rings. The van der Waals surface area contributed by atoms with Crippen molar-refractivity contribution in [2.24, 2.45) is 0 Å². The monoisotopic (exact) mass is 168 g/mol. The van der Waals surface area contributed by atoms with Crippen LogP contribution in [0.4, 0.5) is 0 Å². The van der Waals surface area contributed by atoms with Crippen LogP contribution in [0, 0.1) is 5.21 Å². The number of aliphatic hydroxyl groups is 1. The van der Waals surface area contributed by atoms with Gasteiger partial charge in [0.2, 0.25) is 0 Å². The van der Waals surface area contributed by atoms with Gasteiger partial charge in [-0.3, -0.25) is 4.79 Å². The van der Waals surface area contributed by atoms with Crippen molar-refractivity contribution in [2.75, 3.05) is 6.73 Å². The second kappa shape index (κ2) is 3.68. The Balaban J connectivity index is 2.87. The number of hydrogen-bond donors (Lipinski definition) is 2. The molecule has 0 aliphatic rings. The highest BCUT2D eigenvalue weighted by Crippen LogP contribution is 1.89. The van der Waals surface area contributed by atoms with Crippen LogP contribution < -0.4 is 10.0 Å². The summed E-state index contributed by atoms with van der Waals surface area (Å²) in [6.45, 7) is -0.478. The zero-order valence-corrected chi connectivity index (χ0v) is 6.23. The molecule has 1 aromatic heterocycles. The second-order valence-corrected chi connectivity index (χ2v) is 2.08. The molecule has 0 saturated carbocycles. The van der Waals surface area contributed by atoms with Crippen LogP contribution in [0.1, 0.15) is 10.5 Å². The lowest BCUT2D eigenvalue weighted by atomic mass is 10.3. The maximum Gasteiger partial charge on any atom is 0.319 e. The fraction of sp³-hybridized carbons (Fsp3) is 0.143. The minimum atomic E-state index is -0.590. The van der Waals surface area contributed by atoms with Crippen molar-refractivity contribution in [3.8, 4) is 0 Å². The predicted octanol–water partition coefficient (Wildman–Crippen LogP) is -1.00. The molecule has 0 atom stereocenters. The molecule has 1 aromatic rings. The van der Waals surface area contributed by atoms with Gasteiger partial charge in [0.1, 0.15) is 6.73 Å². The van der Waals surface area contributed by atoms with Crippen molar-refractivity contribution in [1.29, 1.82) is 0 Å². The van der Waals surface area contributed by atoms with E-state index < -0.39 is 12.6 Å². The average Bonchev–Trinajstić information content (AvgIpc) is 2.05. The molecule has 0 radical (unpaired) electrons. The summed E-state index contributed by atoms with van der Waals surface area (Å²) in [7, 11) is 0. The average molecular weight is 168 g/mol. The Kier molecular flexibility index (Phi) is 2.60. The molecule has 5 heteroatoms. The fourth-order valence-corrected chi connectivity index (χ4v) is 0.766. The van der Waals surface area contributed by atoms with Crippen LogP contribution in [0.15, 0.2) is 24.4 Å². The van der Waals surface area contributed by atoms with E-state index in [4.69, 9.17) is 5.11 Å². The number of rotatable bonds is 2. The molecule has 1 rings (SSSR count). The highest BCUT2D eigenvalue weighted by atomic mass is 16.5. The molecular formula is C7H8N2O3. The van der Waals surface area contributed by atoms with Crippen molar-refractivity contribution in [1.82, 2.24) is 5.32 Å². The summed E-state index contributed by atoms with van der Waals surface area (Å²) < 4.78 is 0.436. The summed E-state index contributed by atoms with van der Waals surface area (Å²) in [5.41, 5.74) is -0.0356. The fourth-order valence-electron chi connectivity index (χ4n) is 0.766. The number of carbonyl (C=O) groups is 1. The molecule has 0 aliphatic carbocycles. The quantitative estimate of drug-likeness (QED) is 0.338. The van der Waals surface area contributed by atoms with Crippen LogP contribution in [-0.4, -0.2) is 17.7 Å². The second-order valence-electron chi connectivity index (χ2n) is 2.08. The van der Waals surface area contributed by atoms with Crippen LogP contribution >= 0.6 is 0 Å². The van der Waals surface area contributed by atoms with Crippen molar-refractivity contribution in [2.45, 2.75) is 0 Å². The Morgan fingerprint density at radius 1 is 1.67 bits per heavy atom. The van der Waals surface area contributed by atoms with Crippen molar-refractivity contribution < 1.29 is 14.6 Å². The van der Waals surface area contributed by atoms with Gasteiger partial charge in [-0.15, -0.1) is 0 Å². The van der Waals surface area contributed by atoms with Gasteiger partial charge in [0.25, 0.3) is 5.69 Å². The third-order valence-electron chi connectivity index (χ3n) is 1.30. The van der Waals surface area contributed by atoms with E-state index >= 15 is 0 Å². The van der Waals surface area contributed by atoms with E-state index in [0.29, 0.717) is 4.73 Å². The minimum absolute atomic E-state index is 0.0356. The van der Waals surface area contributed by atoms with Gasteiger partial charge in [0.15, 0.2) is 6.20 Å². The third kappa shape index (κ3) is 1.70. The van der Waals surface area contributed by atoms with Gasteiger partial charge >= 0.3 is 5.91 Å². The molecule has 0 bridgehead atoms.